The van der Waals surface area contributed by atoms with Crippen LogP contribution in [-0.4, -0.2) is 51.6 Å². The molecule has 0 aliphatic heterocycles. The van der Waals surface area contributed by atoms with Gasteiger partial charge in [0.25, 0.3) is 5.91 Å². The van der Waals surface area contributed by atoms with Crippen molar-refractivity contribution in [1.82, 2.24) is 20.1 Å². The van der Waals surface area contributed by atoms with Crippen LogP contribution < -0.4 is 10.1 Å². The van der Waals surface area contributed by atoms with Gasteiger partial charge < -0.3 is 15.2 Å². The lowest BCUT2D eigenvalue weighted by atomic mass is 10.0. The summed E-state index contributed by atoms with van der Waals surface area (Å²) in [5.41, 5.74) is 4.16. The zero-order valence-corrected chi connectivity index (χ0v) is 19.4. The summed E-state index contributed by atoms with van der Waals surface area (Å²) < 4.78 is 38.6. The van der Waals surface area contributed by atoms with Crippen LogP contribution in [0.1, 0.15) is 15.9 Å². The highest BCUT2D eigenvalue weighted by molar-refractivity contribution is 6.07. The lowest BCUT2D eigenvalue weighted by molar-refractivity contribution is -0.192. The molecule has 0 saturated heterocycles. The van der Waals surface area contributed by atoms with Crippen LogP contribution in [0.4, 0.5) is 13.2 Å². The number of nitrogens with zero attached hydrogens (tertiary/aromatic N) is 3. The summed E-state index contributed by atoms with van der Waals surface area (Å²) in [6.07, 6.45) is -0.695. The van der Waals surface area contributed by atoms with Gasteiger partial charge in [-0.2, -0.15) is 18.3 Å². The van der Waals surface area contributed by atoms with Crippen LogP contribution in [0.2, 0.25) is 0 Å². The van der Waals surface area contributed by atoms with Crippen molar-refractivity contribution in [2.75, 3.05) is 13.7 Å². The number of alkyl halides is 3. The van der Waals surface area contributed by atoms with E-state index in [1.165, 1.54) is 0 Å². The molecule has 0 bridgehead atoms. The third kappa shape index (κ3) is 6.81. The lowest BCUT2D eigenvalue weighted by Crippen LogP contribution is -2.26. The molecule has 2 aromatic heterocycles. The maximum Gasteiger partial charge on any atom is 0.490 e. The number of hydrogen-bond donors (Lipinski definition) is 2. The van der Waals surface area contributed by atoms with Crippen LogP contribution in [-0.2, 0) is 18.3 Å². The first-order valence-corrected chi connectivity index (χ1v) is 10.7. The van der Waals surface area contributed by atoms with Crippen molar-refractivity contribution in [3.05, 3.63) is 78.1 Å². The molecular formula is C25H23F3N4O4. The van der Waals surface area contributed by atoms with Gasteiger partial charge in [-0.15, -0.1) is 0 Å². The molecule has 2 N–H and O–H groups in total. The number of benzene rings is 2. The highest BCUT2D eigenvalue weighted by atomic mass is 19.4. The molecule has 0 fully saturated rings. The minimum Gasteiger partial charge on any atom is -0.497 e. The Hall–Kier alpha value is -4.41. The van der Waals surface area contributed by atoms with E-state index in [0.717, 1.165) is 39.9 Å². The number of pyridine rings is 1. The first kappa shape index (κ1) is 26.2. The van der Waals surface area contributed by atoms with Crippen molar-refractivity contribution >= 4 is 22.8 Å². The first-order valence-electron chi connectivity index (χ1n) is 10.7. The fraction of sp³-hybridized carbons (Fsp3) is 0.200. The Labute approximate surface area is 204 Å². The monoisotopic (exact) mass is 500 g/mol. The van der Waals surface area contributed by atoms with E-state index in [1.54, 1.807) is 18.0 Å². The molecule has 4 aromatic rings. The van der Waals surface area contributed by atoms with Gasteiger partial charge in [0.05, 0.1) is 30.1 Å². The maximum absolute atomic E-state index is 13.0. The number of carboxylic acids is 1. The fourth-order valence-corrected chi connectivity index (χ4v) is 3.27. The van der Waals surface area contributed by atoms with Gasteiger partial charge in [0, 0.05) is 30.7 Å². The Morgan fingerprint density at radius 1 is 1.11 bits per heavy atom. The van der Waals surface area contributed by atoms with E-state index >= 15 is 0 Å². The number of carbonyl (C=O) groups is 2. The Morgan fingerprint density at radius 2 is 1.78 bits per heavy atom. The zero-order chi connectivity index (χ0) is 26.3. The number of fused-ring (bicyclic) bond motifs is 1. The molecule has 0 atom stereocenters. The van der Waals surface area contributed by atoms with Crippen LogP contribution in [0.5, 0.6) is 5.75 Å². The predicted octanol–water partition coefficient (Wildman–Crippen LogP) is 4.25. The normalized spacial score (nSPS) is 10.9. The molecule has 11 heteroatoms. The van der Waals surface area contributed by atoms with Crippen molar-refractivity contribution in [2.24, 2.45) is 7.05 Å². The van der Waals surface area contributed by atoms with E-state index in [2.05, 4.69) is 10.4 Å². The van der Waals surface area contributed by atoms with Crippen LogP contribution >= 0.6 is 0 Å². The van der Waals surface area contributed by atoms with Crippen molar-refractivity contribution in [3.63, 3.8) is 0 Å². The van der Waals surface area contributed by atoms with Crippen LogP contribution in [0.25, 0.3) is 22.2 Å². The molecule has 0 unspecified atom stereocenters. The third-order valence-electron chi connectivity index (χ3n) is 5.06. The van der Waals surface area contributed by atoms with Gasteiger partial charge in [-0.1, -0.05) is 30.3 Å². The van der Waals surface area contributed by atoms with Crippen LogP contribution in [0.15, 0.2) is 67.0 Å². The maximum atomic E-state index is 13.0. The second-order valence-corrected chi connectivity index (χ2v) is 7.63. The quantitative estimate of drug-likeness (QED) is 0.410. The number of aryl methyl sites for hydroxylation is 1. The standard InChI is InChI=1S/C23H22N4O2.C2HF3O2/c1-27-15-17(14-25-27)22-13-20(19-5-3-4-6-21(19)26-22)23(28)24-12-11-16-7-9-18(29-2)10-8-16;3-2(4,5)1(6)7/h3-10,13-15H,11-12H2,1-2H3,(H,24,28);(H,6,7). The summed E-state index contributed by atoms with van der Waals surface area (Å²) in [4.78, 5) is 26.6. The molecule has 0 aliphatic carbocycles. The lowest BCUT2D eigenvalue weighted by Gasteiger charge is -2.10. The van der Waals surface area contributed by atoms with Crippen LogP contribution in [0, 0.1) is 0 Å². The SMILES string of the molecule is COc1ccc(CCNC(=O)c2cc(-c3cnn(C)c3)nc3ccccc23)cc1.O=C(O)C(F)(F)F. The average Bonchev–Trinajstić information content (AvgIpc) is 3.29. The molecule has 0 aliphatic rings. The molecule has 188 valence electrons. The molecule has 0 radical (unpaired) electrons. The van der Waals surface area contributed by atoms with Gasteiger partial charge in [-0.25, -0.2) is 9.78 Å². The van der Waals surface area contributed by atoms with E-state index in [1.807, 2.05) is 67.8 Å². The molecule has 0 spiro atoms. The Balaban J connectivity index is 0.000000454. The molecular weight excluding hydrogens is 477 g/mol. The topological polar surface area (TPSA) is 106 Å². The number of para-hydroxylation sites is 1. The number of aliphatic carboxylic acids is 1. The van der Waals surface area contributed by atoms with Gasteiger partial charge in [0.2, 0.25) is 0 Å². The molecule has 2 aromatic carbocycles. The van der Waals surface area contributed by atoms with E-state index in [4.69, 9.17) is 19.6 Å². The van der Waals surface area contributed by atoms with Gasteiger partial charge in [0.1, 0.15) is 5.75 Å². The Kier molecular flexibility index (Phi) is 8.26. The van der Waals surface area contributed by atoms with Crippen molar-refractivity contribution in [2.45, 2.75) is 12.6 Å². The van der Waals surface area contributed by atoms with Crippen LogP contribution in [0.3, 0.4) is 0 Å². The molecule has 36 heavy (non-hydrogen) atoms. The van der Waals surface area contributed by atoms with E-state index in [-0.39, 0.29) is 5.91 Å². The summed E-state index contributed by atoms with van der Waals surface area (Å²) in [5, 5.41) is 15.2. The second kappa shape index (κ2) is 11.3. The smallest absolute Gasteiger partial charge is 0.490 e. The van der Waals surface area contributed by atoms with Gasteiger partial charge in [-0.05, 0) is 36.2 Å². The number of ether oxygens (including phenoxy) is 1. The van der Waals surface area contributed by atoms with Crippen molar-refractivity contribution in [1.29, 1.82) is 0 Å². The summed E-state index contributed by atoms with van der Waals surface area (Å²) in [6, 6.07) is 17.4. The van der Waals surface area contributed by atoms with E-state index < -0.39 is 12.1 Å². The minimum atomic E-state index is -5.08. The number of rotatable bonds is 6. The molecule has 2 heterocycles. The fourth-order valence-electron chi connectivity index (χ4n) is 3.27. The number of carbonyl (C=O) groups excluding carboxylic acids is 1. The number of methoxy groups -OCH3 is 1. The number of hydrogen-bond acceptors (Lipinski definition) is 5. The van der Waals surface area contributed by atoms with E-state index in [0.29, 0.717) is 12.1 Å². The number of halogens is 3. The summed E-state index contributed by atoms with van der Waals surface area (Å²) in [5.74, 6) is -2.04. The van der Waals surface area contributed by atoms with Gasteiger partial charge in [0.15, 0.2) is 0 Å². The van der Waals surface area contributed by atoms with Crippen molar-refractivity contribution in [3.8, 4) is 17.0 Å². The zero-order valence-electron chi connectivity index (χ0n) is 19.4. The number of amides is 1. The number of nitrogens with one attached hydrogen (secondary N) is 1. The highest BCUT2D eigenvalue weighted by Crippen LogP contribution is 2.24. The summed E-state index contributed by atoms with van der Waals surface area (Å²) in [6.45, 7) is 0.546. The van der Waals surface area contributed by atoms with Crippen molar-refractivity contribution < 1.29 is 32.6 Å². The Morgan fingerprint density at radius 3 is 2.36 bits per heavy atom. The second-order valence-electron chi connectivity index (χ2n) is 7.63. The molecule has 1 amide bonds. The summed E-state index contributed by atoms with van der Waals surface area (Å²) in [7, 11) is 3.51. The number of carboxylic acid groups (broad SMARTS) is 1. The van der Waals surface area contributed by atoms with E-state index in [9.17, 15) is 18.0 Å². The highest BCUT2D eigenvalue weighted by Gasteiger charge is 2.38. The molecule has 0 saturated carbocycles. The first-order chi connectivity index (χ1) is 17.1. The predicted molar refractivity (Wildman–Crippen MR) is 127 cm³/mol. The third-order valence-corrected chi connectivity index (χ3v) is 5.06. The average molecular weight is 500 g/mol. The minimum absolute atomic E-state index is 0.109. The Bertz CT molecular complexity index is 1350. The largest absolute Gasteiger partial charge is 0.497 e. The van der Waals surface area contributed by atoms with Gasteiger partial charge in [-0.3, -0.25) is 9.48 Å². The number of aromatic nitrogens is 3. The molecule has 8 nitrogen and oxygen atoms in total. The molecule has 4 rings (SSSR count). The summed E-state index contributed by atoms with van der Waals surface area (Å²) >= 11 is 0. The van der Waals surface area contributed by atoms with Gasteiger partial charge >= 0.3 is 12.1 Å².